The third-order valence-corrected chi connectivity index (χ3v) is 2.66. The van der Waals surface area contributed by atoms with E-state index >= 15 is 0 Å². The average molecular weight is 255 g/mol. The number of aliphatic hydroxyl groups is 1. The molecule has 0 aliphatic rings. The van der Waals surface area contributed by atoms with Crippen molar-refractivity contribution in [3.63, 3.8) is 0 Å². The van der Waals surface area contributed by atoms with Gasteiger partial charge in [-0.25, -0.2) is 0 Å². The van der Waals surface area contributed by atoms with Gasteiger partial charge in [0.25, 0.3) is 0 Å². The van der Waals surface area contributed by atoms with Gasteiger partial charge < -0.3 is 9.67 Å². The number of halogens is 3. The maximum absolute atomic E-state index is 12.4. The summed E-state index contributed by atoms with van der Waals surface area (Å²) in [4.78, 5) is 0. The second kappa shape index (κ2) is 4.86. The van der Waals surface area contributed by atoms with E-state index in [0.717, 1.165) is 23.3 Å². The topological polar surface area (TPSA) is 25.2 Å². The van der Waals surface area contributed by atoms with Crippen LogP contribution in [0, 0.1) is 0 Å². The molecule has 0 saturated heterocycles. The molecular weight excluding hydrogens is 243 g/mol. The van der Waals surface area contributed by atoms with E-state index < -0.39 is 11.7 Å². The lowest BCUT2D eigenvalue weighted by atomic mass is 10.1. The molecule has 2 aromatic rings. The molecule has 2 rings (SSSR count). The Labute approximate surface area is 102 Å². The number of hydrogen-bond acceptors (Lipinski definition) is 1. The first-order chi connectivity index (χ1) is 8.49. The van der Waals surface area contributed by atoms with Crippen LogP contribution < -0.4 is 0 Å². The number of aliphatic hydroxyl groups excluding tert-OH is 1. The van der Waals surface area contributed by atoms with Gasteiger partial charge >= 0.3 is 6.18 Å². The molecule has 0 bridgehead atoms. The standard InChI is InChI=1S/C13H12F3NO/c14-13(15,16)12-3-1-10(2-4-12)7-11-5-6-17(8-11)9-18/h1-6,8,18H,7,9H2. The van der Waals surface area contributed by atoms with Gasteiger partial charge in [-0.1, -0.05) is 12.1 Å². The van der Waals surface area contributed by atoms with Crippen molar-refractivity contribution in [1.82, 2.24) is 4.57 Å². The molecule has 1 N–H and O–H groups in total. The number of nitrogens with zero attached hydrogens (tertiary/aromatic N) is 1. The van der Waals surface area contributed by atoms with E-state index in [4.69, 9.17) is 5.11 Å². The van der Waals surface area contributed by atoms with Crippen LogP contribution in [-0.4, -0.2) is 9.67 Å². The summed E-state index contributed by atoms with van der Waals surface area (Å²) in [5.74, 6) is 0. The van der Waals surface area contributed by atoms with Gasteiger partial charge in [-0.05, 0) is 35.7 Å². The lowest BCUT2D eigenvalue weighted by Gasteiger charge is -2.07. The van der Waals surface area contributed by atoms with Crippen LogP contribution in [0.3, 0.4) is 0 Å². The van der Waals surface area contributed by atoms with Crippen molar-refractivity contribution in [2.45, 2.75) is 19.3 Å². The van der Waals surface area contributed by atoms with Gasteiger partial charge in [0.2, 0.25) is 0 Å². The van der Waals surface area contributed by atoms with Gasteiger partial charge in [-0.15, -0.1) is 0 Å². The molecule has 0 atom stereocenters. The molecule has 18 heavy (non-hydrogen) atoms. The second-order valence-electron chi connectivity index (χ2n) is 4.05. The maximum atomic E-state index is 12.4. The molecular formula is C13H12F3NO. The normalized spacial score (nSPS) is 11.8. The van der Waals surface area contributed by atoms with Crippen molar-refractivity contribution in [3.8, 4) is 0 Å². The molecule has 0 fully saturated rings. The predicted molar refractivity (Wildman–Crippen MR) is 60.9 cm³/mol. The van der Waals surface area contributed by atoms with Crippen LogP contribution in [0.5, 0.6) is 0 Å². The smallest absolute Gasteiger partial charge is 0.376 e. The van der Waals surface area contributed by atoms with Crippen LogP contribution in [0.15, 0.2) is 42.7 Å². The quantitative estimate of drug-likeness (QED) is 0.896. The molecule has 2 nitrogen and oxygen atoms in total. The van der Waals surface area contributed by atoms with Gasteiger partial charge in [0.15, 0.2) is 0 Å². The Morgan fingerprint density at radius 2 is 1.67 bits per heavy atom. The number of benzene rings is 1. The molecule has 0 radical (unpaired) electrons. The Morgan fingerprint density at radius 1 is 1.00 bits per heavy atom. The summed E-state index contributed by atoms with van der Waals surface area (Å²) in [5.41, 5.74) is 1.11. The van der Waals surface area contributed by atoms with E-state index in [1.165, 1.54) is 12.1 Å². The Balaban J connectivity index is 2.11. The summed E-state index contributed by atoms with van der Waals surface area (Å²) < 4.78 is 38.7. The van der Waals surface area contributed by atoms with Crippen molar-refractivity contribution >= 4 is 0 Å². The minimum atomic E-state index is -4.29. The molecule has 0 amide bonds. The van der Waals surface area contributed by atoms with Crippen LogP contribution in [0.4, 0.5) is 13.2 Å². The third kappa shape index (κ3) is 2.92. The zero-order valence-electron chi connectivity index (χ0n) is 9.48. The molecule has 96 valence electrons. The number of rotatable bonds is 3. The van der Waals surface area contributed by atoms with Crippen LogP contribution in [0.25, 0.3) is 0 Å². The van der Waals surface area contributed by atoms with Crippen molar-refractivity contribution in [2.24, 2.45) is 0 Å². The first-order valence-corrected chi connectivity index (χ1v) is 5.40. The minimum absolute atomic E-state index is 0.104. The van der Waals surface area contributed by atoms with Gasteiger partial charge in [0.05, 0.1) is 5.56 Å². The largest absolute Gasteiger partial charge is 0.416 e. The molecule has 0 unspecified atom stereocenters. The predicted octanol–water partition coefficient (Wildman–Crippen LogP) is 3.05. The van der Waals surface area contributed by atoms with Crippen LogP contribution in [0.1, 0.15) is 16.7 Å². The van der Waals surface area contributed by atoms with E-state index in [-0.39, 0.29) is 6.73 Å². The Bertz CT molecular complexity index is 514. The Kier molecular flexibility index (Phi) is 3.43. The average Bonchev–Trinajstić information content (AvgIpc) is 2.76. The lowest BCUT2D eigenvalue weighted by molar-refractivity contribution is -0.137. The first kappa shape index (κ1) is 12.7. The third-order valence-electron chi connectivity index (χ3n) is 2.66. The monoisotopic (exact) mass is 255 g/mol. The summed E-state index contributed by atoms with van der Waals surface area (Å²) in [6, 6.07) is 6.93. The summed E-state index contributed by atoms with van der Waals surface area (Å²) in [6.07, 6.45) is -0.263. The summed E-state index contributed by atoms with van der Waals surface area (Å²) in [6.45, 7) is -0.104. The Morgan fingerprint density at radius 3 is 2.17 bits per heavy atom. The van der Waals surface area contributed by atoms with Crippen molar-refractivity contribution in [2.75, 3.05) is 0 Å². The van der Waals surface area contributed by atoms with Crippen molar-refractivity contribution < 1.29 is 18.3 Å². The maximum Gasteiger partial charge on any atom is 0.416 e. The van der Waals surface area contributed by atoms with E-state index in [1.807, 2.05) is 6.07 Å². The summed E-state index contributed by atoms with van der Waals surface area (Å²) >= 11 is 0. The molecule has 1 aromatic carbocycles. The second-order valence-corrected chi connectivity index (χ2v) is 4.05. The highest BCUT2D eigenvalue weighted by atomic mass is 19.4. The molecule has 0 saturated carbocycles. The van der Waals surface area contributed by atoms with E-state index in [0.29, 0.717) is 6.42 Å². The molecule has 0 aliphatic carbocycles. The van der Waals surface area contributed by atoms with E-state index in [1.54, 1.807) is 17.0 Å². The van der Waals surface area contributed by atoms with Gasteiger partial charge in [0.1, 0.15) is 6.73 Å². The van der Waals surface area contributed by atoms with Gasteiger partial charge in [-0.2, -0.15) is 13.2 Å². The summed E-state index contributed by atoms with van der Waals surface area (Å²) in [7, 11) is 0. The molecule has 0 spiro atoms. The fourth-order valence-corrected chi connectivity index (χ4v) is 1.73. The van der Waals surface area contributed by atoms with Crippen LogP contribution in [0.2, 0.25) is 0 Å². The molecule has 1 heterocycles. The Hall–Kier alpha value is -1.75. The van der Waals surface area contributed by atoms with Crippen molar-refractivity contribution in [3.05, 3.63) is 59.4 Å². The highest BCUT2D eigenvalue weighted by Gasteiger charge is 2.29. The highest BCUT2D eigenvalue weighted by Crippen LogP contribution is 2.29. The highest BCUT2D eigenvalue weighted by molar-refractivity contribution is 5.29. The summed E-state index contributed by atoms with van der Waals surface area (Å²) in [5, 5.41) is 8.88. The zero-order chi connectivity index (χ0) is 13.2. The fourth-order valence-electron chi connectivity index (χ4n) is 1.73. The molecule has 0 aliphatic heterocycles. The van der Waals surface area contributed by atoms with Crippen LogP contribution >= 0.6 is 0 Å². The molecule has 1 aromatic heterocycles. The number of hydrogen-bond donors (Lipinski definition) is 1. The zero-order valence-corrected chi connectivity index (χ0v) is 9.48. The number of aromatic nitrogens is 1. The first-order valence-electron chi connectivity index (χ1n) is 5.40. The van der Waals surface area contributed by atoms with Crippen LogP contribution in [-0.2, 0) is 19.3 Å². The minimum Gasteiger partial charge on any atom is -0.376 e. The number of alkyl halides is 3. The van der Waals surface area contributed by atoms with Gasteiger partial charge in [0, 0.05) is 12.4 Å². The fraction of sp³-hybridized carbons (Fsp3) is 0.231. The van der Waals surface area contributed by atoms with E-state index in [9.17, 15) is 13.2 Å². The van der Waals surface area contributed by atoms with Crippen molar-refractivity contribution in [1.29, 1.82) is 0 Å². The van der Waals surface area contributed by atoms with E-state index in [2.05, 4.69) is 0 Å². The van der Waals surface area contributed by atoms with Gasteiger partial charge in [-0.3, -0.25) is 0 Å². The molecule has 5 heteroatoms. The lowest BCUT2D eigenvalue weighted by Crippen LogP contribution is -2.04. The SMILES string of the molecule is OCn1ccc(Cc2ccc(C(F)(F)F)cc2)c1.